The van der Waals surface area contributed by atoms with E-state index in [1.54, 1.807) is 0 Å². The fourth-order valence-electron chi connectivity index (χ4n) is 3.55. The van der Waals surface area contributed by atoms with Gasteiger partial charge in [-0.15, -0.1) is 24.8 Å². The van der Waals surface area contributed by atoms with Crippen LogP contribution in [0, 0.1) is 11.7 Å². The van der Waals surface area contributed by atoms with Crippen molar-refractivity contribution in [2.75, 3.05) is 39.4 Å². The number of rotatable bonds is 3. The van der Waals surface area contributed by atoms with E-state index in [4.69, 9.17) is 4.74 Å². The molecule has 0 spiro atoms. The van der Waals surface area contributed by atoms with Gasteiger partial charge in [0.1, 0.15) is 0 Å². The van der Waals surface area contributed by atoms with Crippen molar-refractivity contribution < 1.29 is 14.2 Å². The van der Waals surface area contributed by atoms with Gasteiger partial charge in [-0.25, -0.2) is 4.39 Å². The summed E-state index contributed by atoms with van der Waals surface area (Å²) in [6.07, 6.45) is 1.89. The van der Waals surface area contributed by atoms with Crippen LogP contribution in [-0.4, -0.2) is 49.4 Å². The summed E-state index contributed by atoms with van der Waals surface area (Å²) in [4.78, 5) is 2.37. The topological polar surface area (TPSA) is 44.7 Å². The average Bonchev–Trinajstić information content (AvgIpc) is 2.54. The summed E-state index contributed by atoms with van der Waals surface area (Å²) in [6.45, 7) is 5.16. The number of piperazine rings is 1. The molecule has 0 unspecified atom stereocenters. The molecule has 0 radical (unpaired) electrons. The van der Waals surface area contributed by atoms with E-state index in [-0.39, 0.29) is 36.6 Å². The van der Waals surface area contributed by atoms with Crippen LogP contribution in [0.1, 0.15) is 24.4 Å². The molecule has 2 aliphatic rings. The number of nitrogens with zero attached hydrogens (tertiary/aromatic N) is 1. The van der Waals surface area contributed by atoms with Gasteiger partial charge >= 0.3 is 0 Å². The molecule has 0 aliphatic carbocycles. The van der Waals surface area contributed by atoms with Gasteiger partial charge in [-0.05, 0) is 30.9 Å². The van der Waals surface area contributed by atoms with E-state index in [9.17, 15) is 9.50 Å². The predicted octanol–water partition coefficient (Wildman–Crippen LogP) is 3.51. The maximum Gasteiger partial charge on any atom is 0.166 e. The zero-order valence-corrected chi connectivity index (χ0v) is 16.6. The smallest absolute Gasteiger partial charge is 0.166 e. The Labute approximate surface area is 163 Å². The minimum absolute atomic E-state index is 0. The third-order valence-corrected chi connectivity index (χ3v) is 5.09. The van der Waals surface area contributed by atoms with E-state index < -0.39 is 5.82 Å². The Morgan fingerprint density at radius 1 is 1.21 bits per heavy atom. The third kappa shape index (κ3) is 4.96. The number of aromatic hydroxyl groups is 1. The summed E-state index contributed by atoms with van der Waals surface area (Å²) in [5.41, 5.74) is 0.695. The van der Waals surface area contributed by atoms with Crippen LogP contribution in [0.5, 0.6) is 5.75 Å². The largest absolute Gasteiger partial charge is 0.505 e. The van der Waals surface area contributed by atoms with E-state index >= 15 is 0 Å². The molecule has 1 atom stereocenters. The molecule has 2 aliphatic heterocycles. The molecule has 0 amide bonds. The quantitative estimate of drug-likeness (QED) is 0.747. The number of hydrogen-bond acceptors (Lipinski definition) is 4. The maximum atomic E-state index is 14.0. The molecule has 2 heterocycles. The van der Waals surface area contributed by atoms with Gasteiger partial charge in [0.15, 0.2) is 11.6 Å². The molecule has 2 fully saturated rings. The highest BCUT2D eigenvalue weighted by atomic mass is 79.9. The van der Waals surface area contributed by atoms with Gasteiger partial charge in [-0.1, -0.05) is 15.9 Å². The Balaban J connectivity index is 0.00000144. The molecule has 4 nitrogen and oxygen atoms in total. The van der Waals surface area contributed by atoms with Crippen LogP contribution in [0.3, 0.4) is 0 Å². The number of ether oxygens (including phenoxy) is 1. The molecule has 0 bridgehead atoms. The van der Waals surface area contributed by atoms with E-state index in [0.29, 0.717) is 16.0 Å². The molecule has 1 aromatic carbocycles. The van der Waals surface area contributed by atoms with Crippen molar-refractivity contribution in [3.05, 3.63) is 28.0 Å². The van der Waals surface area contributed by atoms with Crippen molar-refractivity contribution in [3.63, 3.8) is 0 Å². The van der Waals surface area contributed by atoms with E-state index in [2.05, 4.69) is 26.1 Å². The average molecular weight is 446 g/mol. The van der Waals surface area contributed by atoms with Gasteiger partial charge in [0, 0.05) is 55.5 Å². The molecular weight excluding hydrogens is 422 g/mol. The second kappa shape index (κ2) is 10.1. The Hall–Kier alpha value is -0.110. The van der Waals surface area contributed by atoms with Crippen LogP contribution in [0.25, 0.3) is 0 Å². The lowest BCUT2D eigenvalue weighted by Crippen LogP contribution is -2.47. The van der Waals surface area contributed by atoms with Crippen molar-refractivity contribution in [3.8, 4) is 5.75 Å². The summed E-state index contributed by atoms with van der Waals surface area (Å²) in [7, 11) is 0. The van der Waals surface area contributed by atoms with Crippen LogP contribution in [-0.2, 0) is 4.74 Å². The van der Waals surface area contributed by atoms with E-state index in [0.717, 1.165) is 52.2 Å². The Morgan fingerprint density at radius 2 is 1.83 bits per heavy atom. The summed E-state index contributed by atoms with van der Waals surface area (Å²) in [5, 5.41) is 13.6. The lowest BCUT2D eigenvalue weighted by molar-refractivity contribution is 0.0205. The van der Waals surface area contributed by atoms with E-state index in [1.165, 1.54) is 6.07 Å². The van der Waals surface area contributed by atoms with Gasteiger partial charge in [-0.2, -0.15) is 0 Å². The fourth-order valence-corrected chi connectivity index (χ4v) is 4.00. The zero-order chi connectivity index (χ0) is 15.5. The number of benzene rings is 1. The monoisotopic (exact) mass is 444 g/mol. The van der Waals surface area contributed by atoms with Gasteiger partial charge < -0.3 is 15.2 Å². The number of phenolic OH excluding ortho intramolecular Hbond substituents is 1. The highest BCUT2D eigenvalue weighted by Crippen LogP contribution is 2.41. The van der Waals surface area contributed by atoms with E-state index in [1.807, 2.05) is 6.07 Å². The highest BCUT2D eigenvalue weighted by Gasteiger charge is 2.33. The molecule has 3 rings (SSSR count). The molecule has 0 aromatic heterocycles. The van der Waals surface area contributed by atoms with Gasteiger partial charge in [0.25, 0.3) is 0 Å². The van der Waals surface area contributed by atoms with Crippen LogP contribution in [0.4, 0.5) is 4.39 Å². The molecule has 0 saturated carbocycles. The molecule has 2 N–H and O–H groups in total. The Morgan fingerprint density at radius 3 is 2.46 bits per heavy atom. The molecule has 2 saturated heterocycles. The van der Waals surface area contributed by atoms with Crippen LogP contribution in [0.2, 0.25) is 0 Å². The number of nitrogens with one attached hydrogen (secondary N) is 1. The summed E-state index contributed by atoms with van der Waals surface area (Å²) in [5.74, 6) is -0.388. The summed E-state index contributed by atoms with van der Waals surface area (Å²) < 4.78 is 20.1. The highest BCUT2D eigenvalue weighted by molar-refractivity contribution is 9.10. The standard InChI is InChI=1S/C16H22BrFN2O2.2ClH/c17-12-9-13(16(21)14(18)10-12)15(11-1-7-22-8-2-11)20-5-3-19-4-6-20;;/h9-11,15,19,21H,1-8H2;2*1H/t15-;;/m0../s1. The molecular formula is C16H24BrCl2FN2O2. The first kappa shape index (κ1) is 21.9. The first-order chi connectivity index (χ1) is 10.7. The Kier molecular flexibility index (Phi) is 9.27. The minimum atomic E-state index is -0.559. The van der Waals surface area contributed by atoms with Crippen LogP contribution >= 0.6 is 40.7 Å². The first-order valence-corrected chi connectivity index (χ1v) is 8.66. The van der Waals surface area contributed by atoms with Gasteiger partial charge in [0.2, 0.25) is 0 Å². The molecule has 1 aromatic rings. The van der Waals surface area contributed by atoms with Crippen molar-refractivity contribution >= 4 is 40.7 Å². The Bertz CT molecular complexity index is 509. The second-order valence-electron chi connectivity index (χ2n) is 6.01. The third-order valence-electron chi connectivity index (χ3n) is 4.63. The number of phenols is 1. The SMILES string of the molecule is Cl.Cl.Oc1c(F)cc(Br)cc1[C@H](C1CCOCC1)N1CCNCC1. The van der Waals surface area contributed by atoms with Gasteiger partial charge in [-0.3, -0.25) is 4.90 Å². The van der Waals surface area contributed by atoms with Crippen molar-refractivity contribution in [1.29, 1.82) is 0 Å². The van der Waals surface area contributed by atoms with Gasteiger partial charge in [0.05, 0.1) is 0 Å². The van der Waals surface area contributed by atoms with Crippen molar-refractivity contribution in [1.82, 2.24) is 10.2 Å². The molecule has 8 heteroatoms. The fraction of sp³-hybridized carbons (Fsp3) is 0.625. The summed E-state index contributed by atoms with van der Waals surface area (Å²) >= 11 is 3.36. The first-order valence-electron chi connectivity index (χ1n) is 7.87. The second-order valence-corrected chi connectivity index (χ2v) is 6.92. The van der Waals surface area contributed by atoms with Crippen LogP contribution in [0.15, 0.2) is 16.6 Å². The predicted molar refractivity (Wildman–Crippen MR) is 101 cm³/mol. The number of hydrogen-bond donors (Lipinski definition) is 2. The lowest BCUT2D eigenvalue weighted by Gasteiger charge is -2.41. The molecule has 138 valence electrons. The van der Waals surface area contributed by atoms with Crippen LogP contribution < -0.4 is 5.32 Å². The normalized spacial score (nSPS) is 20.8. The lowest BCUT2D eigenvalue weighted by atomic mass is 9.85. The molecule has 24 heavy (non-hydrogen) atoms. The van der Waals surface area contributed by atoms with Crippen molar-refractivity contribution in [2.45, 2.75) is 18.9 Å². The summed E-state index contributed by atoms with van der Waals surface area (Å²) in [6, 6.07) is 3.22. The number of halogens is 4. The van der Waals surface area contributed by atoms with Crippen molar-refractivity contribution in [2.24, 2.45) is 5.92 Å². The minimum Gasteiger partial charge on any atom is -0.505 e. The maximum absolute atomic E-state index is 14.0. The zero-order valence-electron chi connectivity index (χ0n) is 13.3.